The third-order valence-corrected chi connectivity index (χ3v) is 5.18. The van der Waals surface area contributed by atoms with Crippen molar-refractivity contribution >= 4 is 17.7 Å². The molecule has 0 heterocycles. The summed E-state index contributed by atoms with van der Waals surface area (Å²) in [4.78, 5) is 36.2. The number of ketones is 1. The summed E-state index contributed by atoms with van der Waals surface area (Å²) >= 11 is 0. The number of Topliss-reactive ketones (excluding diaryl/α,β-unsaturated/α-hetero) is 1. The summed E-state index contributed by atoms with van der Waals surface area (Å²) in [6.07, 6.45) is 4.51. The molecule has 0 aliphatic heterocycles. The molecule has 0 unspecified atom stereocenters. The van der Waals surface area contributed by atoms with Crippen molar-refractivity contribution in [3.8, 4) is 0 Å². The highest BCUT2D eigenvalue weighted by atomic mass is 16.5. The zero-order valence-corrected chi connectivity index (χ0v) is 13.4. The zero-order valence-electron chi connectivity index (χ0n) is 13.4. The number of hydrogen-bond acceptors (Lipinski definition) is 5. The summed E-state index contributed by atoms with van der Waals surface area (Å²) < 4.78 is 9.66. The third-order valence-electron chi connectivity index (χ3n) is 5.18. The summed E-state index contributed by atoms with van der Waals surface area (Å²) in [7, 11) is 2.59. The number of hydrogen-bond donors (Lipinski definition) is 0. The average molecular weight is 316 g/mol. The van der Waals surface area contributed by atoms with Gasteiger partial charge < -0.3 is 9.47 Å². The van der Waals surface area contributed by atoms with Crippen LogP contribution in [0.1, 0.15) is 63.9 Å². The maximum Gasteiger partial charge on any atom is 0.339 e. The quantitative estimate of drug-likeness (QED) is 0.784. The second-order valence-electron chi connectivity index (χ2n) is 6.35. The Morgan fingerprint density at radius 2 is 1.78 bits per heavy atom. The van der Waals surface area contributed by atoms with Gasteiger partial charge in [0.25, 0.3) is 0 Å². The van der Waals surface area contributed by atoms with Crippen molar-refractivity contribution in [2.24, 2.45) is 0 Å². The molecule has 1 aromatic carbocycles. The van der Waals surface area contributed by atoms with Crippen molar-refractivity contribution in [2.45, 2.75) is 43.9 Å². The first kappa shape index (κ1) is 15.7. The minimum Gasteiger partial charge on any atom is -0.465 e. The van der Waals surface area contributed by atoms with E-state index in [1.54, 1.807) is 6.07 Å². The van der Waals surface area contributed by atoms with Gasteiger partial charge in [-0.05, 0) is 42.9 Å². The summed E-state index contributed by atoms with van der Waals surface area (Å²) in [6.45, 7) is 0. The molecule has 1 spiro atoms. The molecule has 23 heavy (non-hydrogen) atoms. The molecular formula is C18H20O5. The molecule has 122 valence electrons. The molecule has 1 saturated carbocycles. The van der Waals surface area contributed by atoms with Gasteiger partial charge in [0.15, 0.2) is 0 Å². The van der Waals surface area contributed by atoms with E-state index in [9.17, 15) is 14.4 Å². The molecule has 0 saturated heterocycles. The van der Waals surface area contributed by atoms with Gasteiger partial charge in [0.05, 0.1) is 25.3 Å². The molecule has 1 fully saturated rings. The SMILES string of the molecule is COC(=O)c1ccc2c(c1C(=O)OC)CC[C@@]21CCCC(=O)C1. The number of carbonyl (C=O) groups is 3. The number of carbonyl (C=O) groups excluding carboxylic acids is 3. The Kier molecular flexibility index (Phi) is 3.96. The Morgan fingerprint density at radius 1 is 1.04 bits per heavy atom. The van der Waals surface area contributed by atoms with Crippen molar-refractivity contribution < 1.29 is 23.9 Å². The minimum absolute atomic E-state index is 0.178. The van der Waals surface area contributed by atoms with Gasteiger partial charge in [-0.15, -0.1) is 0 Å². The Labute approximate surface area is 135 Å². The van der Waals surface area contributed by atoms with Crippen molar-refractivity contribution in [1.82, 2.24) is 0 Å². The predicted molar refractivity (Wildman–Crippen MR) is 82.6 cm³/mol. The second-order valence-corrected chi connectivity index (χ2v) is 6.35. The molecule has 1 atom stereocenters. The van der Waals surface area contributed by atoms with Crippen LogP contribution < -0.4 is 0 Å². The number of benzene rings is 1. The number of rotatable bonds is 2. The van der Waals surface area contributed by atoms with Crippen molar-refractivity contribution in [3.05, 3.63) is 34.4 Å². The van der Waals surface area contributed by atoms with Gasteiger partial charge in [0, 0.05) is 18.3 Å². The number of fused-ring (bicyclic) bond motifs is 2. The van der Waals surface area contributed by atoms with Gasteiger partial charge in [-0.2, -0.15) is 0 Å². The van der Waals surface area contributed by atoms with Crippen LogP contribution in [0.4, 0.5) is 0 Å². The van der Waals surface area contributed by atoms with E-state index in [0.717, 1.165) is 30.4 Å². The minimum atomic E-state index is -0.547. The average Bonchev–Trinajstić information content (AvgIpc) is 2.90. The normalized spacial score (nSPS) is 22.8. The van der Waals surface area contributed by atoms with E-state index in [2.05, 4.69) is 0 Å². The standard InChI is InChI=1S/C18H20O5/c1-22-16(20)13-5-6-14-12(15(13)17(21)23-2)7-9-18(14)8-3-4-11(19)10-18/h5-6H,3-4,7-10H2,1-2H3/t18-/m1/s1. The summed E-state index contributed by atoms with van der Waals surface area (Å²) in [5.41, 5.74) is 2.22. The lowest BCUT2D eigenvalue weighted by Crippen LogP contribution is -2.31. The fourth-order valence-electron chi connectivity index (χ4n) is 4.14. The highest BCUT2D eigenvalue weighted by Crippen LogP contribution is 2.49. The van der Waals surface area contributed by atoms with E-state index in [1.807, 2.05) is 6.07 Å². The topological polar surface area (TPSA) is 69.7 Å². The van der Waals surface area contributed by atoms with E-state index < -0.39 is 11.9 Å². The van der Waals surface area contributed by atoms with Crippen LogP contribution in [0, 0.1) is 0 Å². The number of methoxy groups -OCH3 is 2. The predicted octanol–water partition coefficient (Wildman–Crippen LogP) is 2.59. The monoisotopic (exact) mass is 316 g/mol. The molecule has 0 bridgehead atoms. The lowest BCUT2D eigenvalue weighted by Gasteiger charge is -2.33. The van der Waals surface area contributed by atoms with Crippen molar-refractivity contribution in [1.29, 1.82) is 0 Å². The van der Waals surface area contributed by atoms with Gasteiger partial charge in [0.1, 0.15) is 5.78 Å². The van der Waals surface area contributed by atoms with Gasteiger partial charge in [0.2, 0.25) is 0 Å². The third kappa shape index (κ3) is 2.44. The summed E-state index contributed by atoms with van der Waals surface area (Å²) in [6, 6.07) is 3.52. The number of esters is 2. The van der Waals surface area contributed by atoms with Crippen LogP contribution >= 0.6 is 0 Å². The molecule has 5 nitrogen and oxygen atoms in total. The Bertz CT molecular complexity index is 691. The van der Waals surface area contributed by atoms with Crippen LogP contribution in [-0.4, -0.2) is 31.9 Å². The lowest BCUT2D eigenvalue weighted by molar-refractivity contribution is -0.122. The van der Waals surface area contributed by atoms with Gasteiger partial charge >= 0.3 is 11.9 Å². The van der Waals surface area contributed by atoms with Crippen LogP contribution in [-0.2, 0) is 26.1 Å². The maximum atomic E-state index is 12.3. The largest absolute Gasteiger partial charge is 0.465 e. The van der Waals surface area contributed by atoms with Crippen LogP contribution in [0.2, 0.25) is 0 Å². The highest BCUT2D eigenvalue weighted by molar-refractivity contribution is 6.04. The Hall–Kier alpha value is -2.17. The smallest absolute Gasteiger partial charge is 0.339 e. The molecule has 2 aliphatic carbocycles. The van der Waals surface area contributed by atoms with Crippen LogP contribution in [0.25, 0.3) is 0 Å². The summed E-state index contributed by atoms with van der Waals surface area (Å²) in [5.74, 6) is -0.795. The van der Waals surface area contributed by atoms with Gasteiger partial charge in [-0.3, -0.25) is 4.79 Å². The van der Waals surface area contributed by atoms with E-state index in [-0.39, 0.29) is 16.8 Å². The van der Waals surface area contributed by atoms with Crippen LogP contribution in [0.5, 0.6) is 0 Å². The van der Waals surface area contributed by atoms with Crippen LogP contribution in [0.3, 0.4) is 0 Å². The Morgan fingerprint density at radius 3 is 2.43 bits per heavy atom. The first-order chi connectivity index (χ1) is 11.0. The molecule has 0 amide bonds. The first-order valence-corrected chi connectivity index (χ1v) is 7.87. The Balaban J connectivity index is 2.15. The van der Waals surface area contributed by atoms with E-state index in [0.29, 0.717) is 24.8 Å². The van der Waals surface area contributed by atoms with Crippen molar-refractivity contribution in [2.75, 3.05) is 14.2 Å². The zero-order chi connectivity index (χ0) is 16.6. The van der Waals surface area contributed by atoms with E-state index >= 15 is 0 Å². The van der Waals surface area contributed by atoms with Crippen LogP contribution in [0.15, 0.2) is 12.1 Å². The van der Waals surface area contributed by atoms with Gasteiger partial charge in [-0.1, -0.05) is 6.07 Å². The fourth-order valence-corrected chi connectivity index (χ4v) is 4.14. The lowest BCUT2D eigenvalue weighted by atomic mass is 9.69. The van der Waals surface area contributed by atoms with Gasteiger partial charge in [-0.25, -0.2) is 9.59 Å². The fraction of sp³-hybridized carbons (Fsp3) is 0.500. The molecular weight excluding hydrogens is 296 g/mol. The van der Waals surface area contributed by atoms with E-state index in [1.165, 1.54) is 14.2 Å². The molecule has 2 aliphatic rings. The molecule has 0 aromatic heterocycles. The highest BCUT2D eigenvalue weighted by Gasteiger charge is 2.44. The number of ether oxygens (including phenoxy) is 2. The molecule has 0 radical (unpaired) electrons. The molecule has 5 heteroatoms. The molecule has 0 N–H and O–H groups in total. The van der Waals surface area contributed by atoms with E-state index in [4.69, 9.17) is 9.47 Å². The maximum absolute atomic E-state index is 12.3. The molecule has 1 aromatic rings. The molecule has 3 rings (SSSR count). The summed E-state index contributed by atoms with van der Waals surface area (Å²) in [5, 5.41) is 0. The second kappa shape index (κ2) is 5.80. The van der Waals surface area contributed by atoms with Crippen molar-refractivity contribution in [3.63, 3.8) is 0 Å². The first-order valence-electron chi connectivity index (χ1n) is 7.87.